The van der Waals surface area contributed by atoms with Gasteiger partial charge < -0.3 is 15.0 Å². The molecule has 2 atom stereocenters. The number of aromatic amines is 1. The molecule has 2 aliphatic rings. The second kappa shape index (κ2) is 9.64. The zero-order chi connectivity index (χ0) is 26.4. The molecule has 0 aromatic carbocycles. The largest absolute Gasteiger partial charge is 0.391 e. The SMILES string of the molecule is CC(=O)N1CCN(CCS(=O)(=O)NC(=O)CCSc2nc3c([nH]2)c(=O)n(C)c(=O)n3C)CC12CC2O. The summed E-state index contributed by atoms with van der Waals surface area (Å²) >= 11 is 1.13. The van der Waals surface area contributed by atoms with Crippen LogP contribution in [0.3, 0.4) is 0 Å². The average Bonchev–Trinajstić information content (AvgIpc) is 3.23. The van der Waals surface area contributed by atoms with E-state index in [-0.39, 0.29) is 41.5 Å². The van der Waals surface area contributed by atoms with Crippen molar-refractivity contribution >= 4 is 44.8 Å². The van der Waals surface area contributed by atoms with Gasteiger partial charge in [-0.25, -0.2) is 18.2 Å². The molecule has 1 spiro atoms. The number of aromatic nitrogens is 4. The third-order valence-corrected chi connectivity index (χ3v) is 8.78. The summed E-state index contributed by atoms with van der Waals surface area (Å²) in [6.45, 7) is 2.92. The number of aliphatic hydroxyl groups excluding tert-OH is 1. The predicted molar refractivity (Wildman–Crippen MR) is 131 cm³/mol. The van der Waals surface area contributed by atoms with Crippen LogP contribution in [-0.4, -0.2) is 104 Å². The summed E-state index contributed by atoms with van der Waals surface area (Å²) in [6.07, 6.45) is -0.247. The van der Waals surface area contributed by atoms with Gasteiger partial charge in [-0.05, 0) is 0 Å². The minimum atomic E-state index is -3.88. The van der Waals surface area contributed by atoms with Gasteiger partial charge in [0.25, 0.3) is 5.56 Å². The quantitative estimate of drug-likeness (QED) is 0.303. The first kappa shape index (κ1) is 26.4. The molecule has 1 saturated carbocycles. The molecule has 3 N–H and O–H groups in total. The number of carbonyl (C=O) groups is 2. The fourth-order valence-corrected chi connectivity index (χ4v) is 6.41. The number of hydrogen-bond acceptors (Lipinski definition) is 10. The van der Waals surface area contributed by atoms with Crippen LogP contribution in [0, 0.1) is 0 Å². The van der Waals surface area contributed by atoms with Crippen LogP contribution in [-0.2, 0) is 33.7 Å². The predicted octanol–water partition coefficient (Wildman–Crippen LogP) is -2.44. The van der Waals surface area contributed by atoms with Crippen molar-refractivity contribution < 1.29 is 23.1 Å². The van der Waals surface area contributed by atoms with Gasteiger partial charge in [-0.15, -0.1) is 0 Å². The van der Waals surface area contributed by atoms with Crippen molar-refractivity contribution in [3.63, 3.8) is 0 Å². The molecule has 0 bridgehead atoms. The van der Waals surface area contributed by atoms with Gasteiger partial charge in [0.05, 0.1) is 17.4 Å². The van der Waals surface area contributed by atoms with Crippen LogP contribution >= 0.6 is 11.8 Å². The van der Waals surface area contributed by atoms with Crippen molar-refractivity contribution in [3.8, 4) is 0 Å². The Bertz CT molecular complexity index is 1430. The summed E-state index contributed by atoms with van der Waals surface area (Å²) < 4.78 is 29.1. The summed E-state index contributed by atoms with van der Waals surface area (Å²) in [5.41, 5.74) is -1.30. The number of sulfonamides is 1. The summed E-state index contributed by atoms with van der Waals surface area (Å²) in [6, 6.07) is 0. The molecule has 2 unspecified atom stereocenters. The van der Waals surface area contributed by atoms with Gasteiger partial charge in [-0.1, -0.05) is 11.8 Å². The molecule has 4 rings (SSSR count). The highest BCUT2D eigenvalue weighted by molar-refractivity contribution is 7.99. The minimum Gasteiger partial charge on any atom is -0.391 e. The molecule has 198 valence electrons. The molecule has 2 aromatic heterocycles. The molecule has 3 heterocycles. The fraction of sp³-hybridized carbons (Fsp3) is 0.650. The van der Waals surface area contributed by atoms with Crippen LogP contribution in [0.5, 0.6) is 0 Å². The highest BCUT2D eigenvalue weighted by atomic mass is 32.2. The number of carbonyl (C=O) groups excluding carboxylic acids is 2. The molecule has 1 saturated heterocycles. The molecular weight excluding hydrogens is 514 g/mol. The lowest BCUT2D eigenvalue weighted by Gasteiger charge is -2.41. The number of piperazine rings is 1. The van der Waals surface area contributed by atoms with Gasteiger partial charge in [-0.3, -0.25) is 33.1 Å². The topological polar surface area (TPSA) is 180 Å². The average molecular weight is 544 g/mol. The second-order valence-corrected chi connectivity index (χ2v) is 12.1. The van der Waals surface area contributed by atoms with Crippen molar-refractivity contribution in [1.29, 1.82) is 0 Å². The van der Waals surface area contributed by atoms with E-state index >= 15 is 0 Å². The Kier molecular flexibility index (Phi) is 7.07. The van der Waals surface area contributed by atoms with Crippen molar-refractivity contribution in [1.82, 2.24) is 33.6 Å². The maximum Gasteiger partial charge on any atom is 0.332 e. The second-order valence-electron chi connectivity index (χ2n) is 9.16. The molecule has 36 heavy (non-hydrogen) atoms. The van der Waals surface area contributed by atoms with Gasteiger partial charge in [0.1, 0.15) is 0 Å². The van der Waals surface area contributed by atoms with Crippen LogP contribution in [0.15, 0.2) is 14.7 Å². The van der Waals surface area contributed by atoms with Crippen LogP contribution < -0.4 is 16.0 Å². The standard InChI is InChI=1S/C20H29N7O7S2/c1-12(28)27-6-5-26(11-20(27)10-13(20)29)7-9-36(33,34)23-14(30)4-8-35-18-21-15-16(22-18)24(2)19(32)25(3)17(15)31/h13,29H,4-11H2,1-3H3,(H,21,22)(H,23,30). The first-order valence-corrected chi connectivity index (χ1v) is 14.0. The molecule has 0 radical (unpaired) electrons. The molecule has 2 aromatic rings. The Balaban J connectivity index is 1.26. The monoisotopic (exact) mass is 543 g/mol. The smallest absolute Gasteiger partial charge is 0.332 e. The maximum atomic E-state index is 12.4. The highest BCUT2D eigenvalue weighted by Crippen LogP contribution is 2.44. The number of fused-ring (bicyclic) bond motifs is 1. The summed E-state index contributed by atoms with van der Waals surface area (Å²) in [5.74, 6) is -0.877. The number of nitrogens with zero attached hydrogens (tertiary/aromatic N) is 5. The van der Waals surface area contributed by atoms with E-state index in [9.17, 15) is 32.7 Å². The van der Waals surface area contributed by atoms with E-state index in [1.807, 2.05) is 4.90 Å². The Morgan fingerprint density at radius 2 is 1.94 bits per heavy atom. The van der Waals surface area contributed by atoms with E-state index in [1.165, 1.54) is 25.6 Å². The van der Waals surface area contributed by atoms with Crippen molar-refractivity contribution in [3.05, 3.63) is 20.8 Å². The van der Waals surface area contributed by atoms with Crippen molar-refractivity contribution in [2.24, 2.45) is 14.1 Å². The summed E-state index contributed by atoms with van der Waals surface area (Å²) in [5, 5.41) is 10.4. The van der Waals surface area contributed by atoms with Crippen LogP contribution in [0.25, 0.3) is 11.2 Å². The van der Waals surface area contributed by atoms with Gasteiger partial charge >= 0.3 is 5.69 Å². The molecule has 1 aliphatic carbocycles. The minimum absolute atomic E-state index is 0.107. The lowest BCUT2D eigenvalue weighted by atomic mass is 10.1. The number of nitrogens with one attached hydrogen (secondary N) is 2. The Hall–Kier alpha value is -2.69. The zero-order valence-corrected chi connectivity index (χ0v) is 21.8. The first-order chi connectivity index (χ1) is 16.8. The molecule has 2 amide bonds. The lowest BCUT2D eigenvalue weighted by molar-refractivity contribution is -0.136. The fourth-order valence-electron chi connectivity index (χ4n) is 4.55. The van der Waals surface area contributed by atoms with E-state index in [4.69, 9.17) is 0 Å². The van der Waals surface area contributed by atoms with Crippen molar-refractivity contribution in [2.45, 2.75) is 36.6 Å². The van der Waals surface area contributed by atoms with E-state index in [1.54, 1.807) is 4.90 Å². The number of H-pyrrole nitrogens is 1. The number of amides is 2. The van der Waals surface area contributed by atoms with Crippen LogP contribution in [0.1, 0.15) is 19.8 Å². The van der Waals surface area contributed by atoms with Gasteiger partial charge in [0, 0.05) is 65.8 Å². The Morgan fingerprint density at radius 1 is 1.25 bits per heavy atom. The number of aryl methyl sites for hydroxylation is 1. The van der Waals surface area contributed by atoms with Gasteiger partial charge in [0.2, 0.25) is 21.8 Å². The number of aliphatic hydroxyl groups is 1. The lowest BCUT2D eigenvalue weighted by Crippen LogP contribution is -2.58. The van der Waals surface area contributed by atoms with Gasteiger partial charge in [-0.2, -0.15) is 0 Å². The third kappa shape index (κ3) is 5.07. The van der Waals surface area contributed by atoms with E-state index in [0.29, 0.717) is 31.2 Å². The molecule has 1 aliphatic heterocycles. The summed E-state index contributed by atoms with van der Waals surface area (Å²) in [7, 11) is -1.02. The zero-order valence-electron chi connectivity index (χ0n) is 20.2. The third-order valence-electron chi connectivity index (χ3n) is 6.65. The molecule has 16 heteroatoms. The molecular formula is C20H29N7O7S2. The van der Waals surface area contributed by atoms with Crippen LogP contribution in [0.2, 0.25) is 0 Å². The molecule has 14 nitrogen and oxygen atoms in total. The van der Waals surface area contributed by atoms with Crippen molar-refractivity contribution in [2.75, 3.05) is 37.7 Å². The van der Waals surface area contributed by atoms with Crippen LogP contribution in [0.4, 0.5) is 0 Å². The van der Waals surface area contributed by atoms with E-state index in [0.717, 1.165) is 16.3 Å². The number of rotatable bonds is 8. The maximum absolute atomic E-state index is 12.4. The normalized spacial score (nSPS) is 22.3. The first-order valence-electron chi connectivity index (χ1n) is 11.3. The number of thioether (sulfide) groups is 1. The number of hydrogen-bond donors (Lipinski definition) is 3. The highest BCUT2D eigenvalue weighted by Gasteiger charge is 2.60. The van der Waals surface area contributed by atoms with E-state index < -0.39 is 38.8 Å². The van der Waals surface area contributed by atoms with E-state index in [2.05, 4.69) is 14.7 Å². The number of imidazole rings is 1. The molecule has 2 fully saturated rings. The van der Waals surface area contributed by atoms with Gasteiger partial charge in [0.15, 0.2) is 16.3 Å². The Morgan fingerprint density at radius 3 is 2.58 bits per heavy atom. The summed E-state index contributed by atoms with van der Waals surface area (Å²) in [4.78, 5) is 58.9. The Labute approximate surface area is 210 Å².